The van der Waals surface area contributed by atoms with Crippen LogP contribution in [-0.4, -0.2) is 36.0 Å². The maximum absolute atomic E-state index is 5.92. The molecule has 2 heterocycles. The molecule has 0 bridgehead atoms. The highest BCUT2D eigenvalue weighted by molar-refractivity contribution is 5.79. The lowest BCUT2D eigenvalue weighted by atomic mass is 10.1. The molecule has 1 aliphatic rings. The highest BCUT2D eigenvalue weighted by Crippen LogP contribution is 2.33. The summed E-state index contributed by atoms with van der Waals surface area (Å²) >= 11 is 0. The van der Waals surface area contributed by atoms with E-state index >= 15 is 0 Å². The lowest BCUT2D eigenvalue weighted by Crippen LogP contribution is -2.36. The van der Waals surface area contributed by atoms with E-state index in [-0.39, 0.29) is 0 Å². The Bertz CT molecular complexity index is 1070. The van der Waals surface area contributed by atoms with Gasteiger partial charge in [-0.2, -0.15) is 5.10 Å². The molecule has 7 nitrogen and oxygen atoms in total. The molecule has 162 valence electrons. The van der Waals surface area contributed by atoms with Crippen LogP contribution in [0.3, 0.4) is 0 Å². The van der Waals surface area contributed by atoms with Gasteiger partial charge in [0, 0.05) is 37.8 Å². The Kier molecular flexibility index (Phi) is 6.40. The molecule has 0 fully saturated rings. The smallest absolute Gasteiger partial charge is 0.191 e. The molecular formula is C24H29N5O2. The average Bonchev–Trinajstić information content (AvgIpc) is 2.97. The average molecular weight is 420 g/mol. The fraction of sp³-hybridized carbons (Fsp3) is 0.333. The van der Waals surface area contributed by atoms with Crippen LogP contribution in [0.1, 0.15) is 28.9 Å². The number of aliphatic imine (C=N–C) groups is 1. The highest BCUT2D eigenvalue weighted by atomic mass is 16.5. The van der Waals surface area contributed by atoms with E-state index in [1.165, 1.54) is 0 Å². The highest BCUT2D eigenvalue weighted by Gasteiger charge is 2.15. The van der Waals surface area contributed by atoms with Gasteiger partial charge >= 0.3 is 0 Å². The van der Waals surface area contributed by atoms with E-state index in [1.807, 2.05) is 41.9 Å². The standard InChI is InChI=1S/C24H29N5O2/c1-17-14-18(2)29(28-17)21-10-5-4-8-19(21)15-26-24(25-3)27-16-20-9-6-11-22-23(20)31-13-7-12-30-22/h4-6,8-11,14H,7,12-13,15-16H2,1-3H3,(H2,25,26,27). The summed E-state index contributed by atoms with van der Waals surface area (Å²) < 4.78 is 13.7. The van der Waals surface area contributed by atoms with Crippen molar-refractivity contribution in [1.29, 1.82) is 0 Å². The number of rotatable bonds is 5. The summed E-state index contributed by atoms with van der Waals surface area (Å²) in [6.45, 7) is 6.64. The molecule has 3 aromatic rings. The van der Waals surface area contributed by atoms with Gasteiger partial charge in [0.25, 0.3) is 0 Å². The van der Waals surface area contributed by atoms with Gasteiger partial charge in [-0.25, -0.2) is 4.68 Å². The molecule has 0 saturated heterocycles. The number of ether oxygens (including phenoxy) is 2. The molecule has 0 radical (unpaired) electrons. The van der Waals surface area contributed by atoms with E-state index in [0.717, 1.165) is 52.1 Å². The van der Waals surface area contributed by atoms with Gasteiger partial charge in [-0.05, 0) is 37.6 Å². The number of benzene rings is 2. The molecule has 31 heavy (non-hydrogen) atoms. The second-order valence-electron chi connectivity index (χ2n) is 7.54. The summed E-state index contributed by atoms with van der Waals surface area (Å²) in [7, 11) is 1.77. The number of para-hydroxylation sites is 2. The van der Waals surface area contributed by atoms with Crippen LogP contribution in [0.25, 0.3) is 5.69 Å². The molecule has 2 aromatic carbocycles. The number of guanidine groups is 1. The molecule has 0 saturated carbocycles. The van der Waals surface area contributed by atoms with Crippen molar-refractivity contribution in [2.24, 2.45) is 4.99 Å². The van der Waals surface area contributed by atoms with Crippen molar-refractivity contribution in [2.75, 3.05) is 20.3 Å². The molecular weight excluding hydrogens is 390 g/mol. The van der Waals surface area contributed by atoms with E-state index in [4.69, 9.17) is 9.47 Å². The number of aryl methyl sites for hydroxylation is 2. The predicted octanol–water partition coefficient (Wildman–Crippen LogP) is 3.52. The van der Waals surface area contributed by atoms with E-state index in [1.54, 1.807) is 7.05 Å². The van der Waals surface area contributed by atoms with Gasteiger partial charge in [0.2, 0.25) is 0 Å². The molecule has 4 rings (SSSR count). The first-order valence-corrected chi connectivity index (χ1v) is 10.6. The molecule has 0 atom stereocenters. The van der Waals surface area contributed by atoms with Gasteiger partial charge in [-0.15, -0.1) is 0 Å². The van der Waals surface area contributed by atoms with Gasteiger partial charge in [-0.3, -0.25) is 4.99 Å². The number of fused-ring (bicyclic) bond motifs is 1. The Balaban J connectivity index is 1.43. The van der Waals surface area contributed by atoms with Crippen LogP contribution in [0.15, 0.2) is 53.5 Å². The first-order chi connectivity index (χ1) is 15.2. The van der Waals surface area contributed by atoms with Crippen LogP contribution in [0.2, 0.25) is 0 Å². The molecule has 2 N–H and O–H groups in total. The van der Waals surface area contributed by atoms with Crippen LogP contribution < -0.4 is 20.1 Å². The number of hydrogen-bond donors (Lipinski definition) is 2. The summed E-state index contributed by atoms with van der Waals surface area (Å²) in [5.74, 6) is 2.34. The number of hydrogen-bond acceptors (Lipinski definition) is 4. The monoisotopic (exact) mass is 419 g/mol. The Labute approximate surface area is 183 Å². The summed E-state index contributed by atoms with van der Waals surface area (Å²) in [6.07, 6.45) is 0.888. The van der Waals surface area contributed by atoms with Gasteiger partial charge in [0.05, 0.1) is 24.6 Å². The molecule has 0 amide bonds. The number of nitrogens with zero attached hydrogens (tertiary/aromatic N) is 3. The van der Waals surface area contributed by atoms with Gasteiger partial charge in [0.1, 0.15) is 0 Å². The molecule has 7 heteroatoms. The first-order valence-electron chi connectivity index (χ1n) is 10.6. The minimum absolute atomic E-state index is 0.589. The van der Waals surface area contributed by atoms with Crippen molar-refractivity contribution in [1.82, 2.24) is 20.4 Å². The SMILES string of the molecule is CN=C(NCc1ccccc1-n1nc(C)cc1C)NCc1cccc2c1OCCCO2. The zero-order valence-electron chi connectivity index (χ0n) is 18.3. The number of nitrogens with one attached hydrogen (secondary N) is 2. The van der Waals surface area contributed by atoms with Gasteiger partial charge in [-0.1, -0.05) is 30.3 Å². The van der Waals surface area contributed by atoms with E-state index in [2.05, 4.69) is 45.8 Å². The van der Waals surface area contributed by atoms with E-state index < -0.39 is 0 Å². The fourth-order valence-corrected chi connectivity index (χ4v) is 3.71. The summed E-state index contributed by atoms with van der Waals surface area (Å²) in [6, 6.07) is 16.3. The van der Waals surface area contributed by atoms with Crippen LogP contribution >= 0.6 is 0 Å². The molecule has 0 unspecified atom stereocenters. The lowest BCUT2D eigenvalue weighted by molar-refractivity contribution is 0.296. The normalized spacial score (nSPS) is 13.6. The van der Waals surface area contributed by atoms with Crippen molar-refractivity contribution in [2.45, 2.75) is 33.4 Å². The Morgan fingerprint density at radius 3 is 2.52 bits per heavy atom. The summed E-state index contributed by atoms with van der Waals surface area (Å²) in [4.78, 5) is 4.37. The van der Waals surface area contributed by atoms with Crippen molar-refractivity contribution in [3.8, 4) is 17.2 Å². The van der Waals surface area contributed by atoms with E-state index in [0.29, 0.717) is 26.3 Å². The summed E-state index contributed by atoms with van der Waals surface area (Å²) in [5.41, 5.74) is 5.37. The van der Waals surface area contributed by atoms with Gasteiger partial charge in [0.15, 0.2) is 17.5 Å². The van der Waals surface area contributed by atoms with Crippen molar-refractivity contribution < 1.29 is 9.47 Å². The maximum Gasteiger partial charge on any atom is 0.191 e. The third kappa shape index (κ3) is 4.82. The minimum Gasteiger partial charge on any atom is -0.490 e. The topological polar surface area (TPSA) is 72.7 Å². The minimum atomic E-state index is 0.589. The quantitative estimate of drug-likeness (QED) is 0.489. The van der Waals surface area contributed by atoms with Crippen LogP contribution in [0.4, 0.5) is 0 Å². The molecule has 0 spiro atoms. The van der Waals surface area contributed by atoms with Crippen molar-refractivity contribution >= 4 is 5.96 Å². The van der Waals surface area contributed by atoms with Gasteiger partial charge < -0.3 is 20.1 Å². The first kappa shape index (κ1) is 20.8. The van der Waals surface area contributed by atoms with Crippen LogP contribution in [0.5, 0.6) is 11.5 Å². The van der Waals surface area contributed by atoms with Crippen LogP contribution in [0, 0.1) is 13.8 Å². The predicted molar refractivity (Wildman–Crippen MR) is 122 cm³/mol. The Morgan fingerprint density at radius 2 is 1.74 bits per heavy atom. The molecule has 1 aliphatic heterocycles. The third-order valence-electron chi connectivity index (χ3n) is 5.20. The number of aromatic nitrogens is 2. The largest absolute Gasteiger partial charge is 0.490 e. The second kappa shape index (κ2) is 9.55. The Hall–Kier alpha value is -3.48. The Morgan fingerprint density at radius 1 is 1.00 bits per heavy atom. The van der Waals surface area contributed by atoms with Crippen LogP contribution in [-0.2, 0) is 13.1 Å². The van der Waals surface area contributed by atoms with Crippen molar-refractivity contribution in [3.63, 3.8) is 0 Å². The lowest BCUT2D eigenvalue weighted by Gasteiger charge is -2.16. The maximum atomic E-state index is 5.92. The fourth-order valence-electron chi connectivity index (χ4n) is 3.71. The zero-order chi connectivity index (χ0) is 21.6. The third-order valence-corrected chi connectivity index (χ3v) is 5.20. The summed E-state index contributed by atoms with van der Waals surface area (Å²) in [5, 5.41) is 11.4. The van der Waals surface area contributed by atoms with E-state index in [9.17, 15) is 0 Å². The zero-order valence-corrected chi connectivity index (χ0v) is 18.3. The molecule has 1 aromatic heterocycles. The van der Waals surface area contributed by atoms with Crippen molar-refractivity contribution in [3.05, 3.63) is 71.0 Å². The second-order valence-corrected chi connectivity index (χ2v) is 7.54. The molecule has 0 aliphatic carbocycles.